The van der Waals surface area contributed by atoms with Gasteiger partial charge in [0.25, 0.3) is 0 Å². The largest absolute Gasteiger partial charge is 0.502 e. The Morgan fingerprint density at radius 3 is 1.53 bits per heavy atom. The van der Waals surface area contributed by atoms with Crippen molar-refractivity contribution in [2.45, 2.75) is 0 Å². The first-order chi connectivity index (χ1) is 8.68. The molecular formula is C10H3F5O4. The number of carbonyl (C=O) groups is 2. The smallest absolute Gasteiger partial charge is 0.371 e. The maximum Gasteiger partial charge on any atom is 0.371 e. The number of allylic oxidation sites excluding steroid dienone is 1. The summed E-state index contributed by atoms with van der Waals surface area (Å²) >= 11 is 0. The summed E-state index contributed by atoms with van der Waals surface area (Å²) in [6, 6.07) is 0. The molecule has 0 aliphatic rings. The van der Waals surface area contributed by atoms with Crippen LogP contribution in [0.15, 0.2) is 11.8 Å². The van der Waals surface area contributed by atoms with Crippen LogP contribution in [0.4, 0.5) is 22.0 Å². The van der Waals surface area contributed by atoms with Gasteiger partial charge in [-0.3, -0.25) is 4.79 Å². The zero-order valence-electron chi connectivity index (χ0n) is 8.68. The zero-order valence-corrected chi connectivity index (χ0v) is 8.68. The fourth-order valence-electron chi connectivity index (χ4n) is 1.08. The number of aliphatic hydroxyl groups is 1. The lowest BCUT2D eigenvalue weighted by molar-refractivity contribution is -0.135. The molecule has 0 aliphatic heterocycles. The van der Waals surface area contributed by atoms with E-state index < -0.39 is 52.2 Å². The molecule has 9 heteroatoms. The van der Waals surface area contributed by atoms with Gasteiger partial charge in [-0.1, -0.05) is 0 Å². The fraction of sp³-hybridized carbons (Fsp3) is 0. The lowest BCUT2D eigenvalue weighted by Crippen LogP contribution is -2.12. The van der Waals surface area contributed by atoms with E-state index >= 15 is 0 Å². The van der Waals surface area contributed by atoms with E-state index in [2.05, 4.69) is 0 Å². The summed E-state index contributed by atoms with van der Waals surface area (Å²) in [7, 11) is 0. The van der Waals surface area contributed by atoms with Crippen molar-refractivity contribution >= 4 is 11.8 Å². The van der Waals surface area contributed by atoms with Crippen LogP contribution in [0.25, 0.3) is 0 Å². The second kappa shape index (κ2) is 5.04. The summed E-state index contributed by atoms with van der Waals surface area (Å²) in [5.41, 5.74) is -1.86. The first kappa shape index (κ1) is 14.6. The van der Waals surface area contributed by atoms with Crippen molar-refractivity contribution in [2.75, 3.05) is 0 Å². The van der Waals surface area contributed by atoms with Crippen LogP contribution < -0.4 is 0 Å². The summed E-state index contributed by atoms with van der Waals surface area (Å²) in [5, 5.41) is 16.9. The molecule has 0 heterocycles. The molecule has 0 radical (unpaired) electrons. The van der Waals surface area contributed by atoms with E-state index in [1.54, 1.807) is 0 Å². The number of rotatable bonds is 3. The van der Waals surface area contributed by atoms with Crippen LogP contribution in [-0.4, -0.2) is 22.0 Å². The lowest BCUT2D eigenvalue weighted by atomic mass is 10.1. The highest BCUT2D eigenvalue weighted by Gasteiger charge is 2.29. The van der Waals surface area contributed by atoms with Crippen LogP contribution in [-0.2, 0) is 4.79 Å². The van der Waals surface area contributed by atoms with Crippen molar-refractivity contribution in [3.05, 3.63) is 46.5 Å². The van der Waals surface area contributed by atoms with Crippen molar-refractivity contribution in [2.24, 2.45) is 0 Å². The van der Waals surface area contributed by atoms with Gasteiger partial charge in [0.1, 0.15) is 0 Å². The first-order valence-corrected chi connectivity index (χ1v) is 4.38. The maximum atomic E-state index is 13.1. The summed E-state index contributed by atoms with van der Waals surface area (Å²) in [4.78, 5) is 21.3. The third-order valence-corrected chi connectivity index (χ3v) is 1.94. The molecule has 0 amide bonds. The molecule has 0 aliphatic carbocycles. The Labute approximate surface area is 101 Å². The molecule has 19 heavy (non-hydrogen) atoms. The Hall–Kier alpha value is -2.45. The highest BCUT2D eigenvalue weighted by molar-refractivity contribution is 6.08. The molecule has 2 N–H and O–H groups in total. The number of benzene rings is 1. The van der Waals surface area contributed by atoms with Gasteiger partial charge in [-0.15, -0.1) is 0 Å². The monoisotopic (exact) mass is 282 g/mol. The van der Waals surface area contributed by atoms with Crippen LogP contribution >= 0.6 is 0 Å². The van der Waals surface area contributed by atoms with Crippen molar-refractivity contribution < 1.29 is 41.8 Å². The predicted molar refractivity (Wildman–Crippen MR) is 48.9 cm³/mol. The van der Waals surface area contributed by atoms with Crippen LogP contribution in [0.3, 0.4) is 0 Å². The summed E-state index contributed by atoms with van der Waals surface area (Å²) in [5.74, 6) is -17.5. The second-order valence-electron chi connectivity index (χ2n) is 3.14. The van der Waals surface area contributed by atoms with Gasteiger partial charge in [-0.25, -0.2) is 26.7 Å². The van der Waals surface area contributed by atoms with Crippen LogP contribution in [0, 0.1) is 29.1 Å². The molecule has 102 valence electrons. The summed E-state index contributed by atoms with van der Waals surface area (Å²) in [6.45, 7) is 0. The molecule has 0 spiro atoms. The summed E-state index contributed by atoms with van der Waals surface area (Å²) in [6.07, 6.45) is -0.180. The minimum atomic E-state index is -2.46. The number of hydrogen-bond donors (Lipinski definition) is 2. The van der Waals surface area contributed by atoms with E-state index in [-0.39, 0.29) is 6.08 Å². The van der Waals surface area contributed by atoms with Crippen molar-refractivity contribution in [3.8, 4) is 0 Å². The quantitative estimate of drug-likeness (QED) is 0.222. The molecule has 1 aromatic rings. The third kappa shape index (κ3) is 2.54. The van der Waals surface area contributed by atoms with Crippen LogP contribution in [0.5, 0.6) is 0 Å². The van der Waals surface area contributed by atoms with Gasteiger partial charge in [0.15, 0.2) is 29.1 Å². The van der Waals surface area contributed by atoms with Crippen LogP contribution in [0.1, 0.15) is 10.4 Å². The molecule has 0 fully saturated rings. The molecule has 0 saturated carbocycles. The average Bonchev–Trinajstić information content (AvgIpc) is 2.34. The summed E-state index contributed by atoms with van der Waals surface area (Å²) < 4.78 is 64.4. The predicted octanol–water partition coefficient (Wildman–Crippen LogP) is 2.09. The van der Waals surface area contributed by atoms with E-state index in [4.69, 9.17) is 10.2 Å². The average molecular weight is 282 g/mol. The Morgan fingerprint density at radius 2 is 1.16 bits per heavy atom. The normalized spacial score (nSPS) is 11.5. The molecule has 0 atom stereocenters. The number of ketones is 1. The van der Waals surface area contributed by atoms with Gasteiger partial charge >= 0.3 is 5.97 Å². The number of carboxylic acid groups (broad SMARTS) is 1. The fourth-order valence-corrected chi connectivity index (χ4v) is 1.08. The van der Waals surface area contributed by atoms with Crippen molar-refractivity contribution in [1.29, 1.82) is 0 Å². The van der Waals surface area contributed by atoms with E-state index in [0.717, 1.165) is 0 Å². The Morgan fingerprint density at radius 1 is 0.789 bits per heavy atom. The van der Waals surface area contributed by atoms with Crippen LogP contribution in [0.2, 0.25) is 0 Å². The van der Waals surface area contributed by atoms with Gasteiger partial charge in [-0.2, -0.15) is 0 Å². The molecular weight excluding hydrogens is 279 g/mol. The molecule has 4 nitrogen and oxygen atoms in total. The maximum absolute atomic E-state index is 13.1. The number of carbonyl (C=O) groups excluding carboxylic acids is 1. The molecule has 1 rings (SSSR count). The lowest BCUT2D eigenvalue weighted by Gasteiger charge is -2.05. The standard InChI is InChI=1S/C10H3F5O4/c11-5-4(2(16)1-3(17)10(18)19)6(12)8(14)9(15)7(5)13/h1,17H,(H,18,19). The minimum absolute atomic E-state index is 0.180. The van der Waals surface area contributed by atoms with E-state index in [9.17, 15) is 31.5 Å². The number of hydrogen-bond acceptors (Lipinski definition) is 3. The topological polar surface area (TPSA) is 74.6 Å². The Balaban J connectivity index is 3.49. The van der Waals surface area contributed by atoms with E-state index in [1.165, 1.54) is 0 Å². The van der Waals surface area contributed by atoms with Crippen molar-refractivity contribution in [3.63, 3.8) is 0 Å². The number of carboxylic acids is 1. The second-order valence-corrected chi connectivity index (χ2v) is 3.14. The Bertz CT molecular complexity index is 579. The van der Waals surface area contributed by atoms with Crippen molar-refractivity contribution in [1.82, 2.24) is 0 Å². The highest BCUT2D eigenvalue weighted by Crippen LogP contribution is 2.23. The Kier molecular flexibility index (Phi) is 3.88. The molecule has 0 aromatic heterocycles. The van der Waals surface area contributed by atoms with Gasteiger partial charge in [0, 0.05) is 6.08 Å². The van der Waals surface area contributed by atoms with Gasteiger partial charge < -0.3 is 10.2 Å². The van der Waals surface area contributed by atoms with E-state index in [1.807, 2.05) is 0 Å². The van der Waals surface area contributed by atoms with E-state index in [0.29, 0.717) is 0 Å². The highest BCUT2D eigenvalue weighted by atomic mass is 19.2. The SMILES string of the molecule is O=C(O)C(O)=CC(=O)c1c(F)c(F)c(F)c(F)c1F. The number of halogens is 5. The number of aliphatic carboxylic acids is 1. The minimum Gasteiger partial charge on any atom is -0.502 e. The molecule has 0 bridgehead atoms. The van der Waals surface area contributed by atoms with Gasteiger partial charge in [0.2, 0.25) is 11.6 Å². The third-order valence-electron chi connectivity index (χ3n) is 1.94. The molecule has 0 saturated heterocycles. The first-order valence-electron chi connectivity index (χ1n) is 4.38. The van der Waals surface area contributed by atoms with Gasteiger partial charge in [-0.05, 0) is 0 Å². The molecule has 1 aromatic carbocycles. The zero-order chi connectivity index (χ0) is 14.9. The van der Waals surface area contributed by atoms with Gasteiger partial charge in [0.05, 0.1) is 5.56 Å². The number of aliphatic hydroxyl groups excluding tert-OH is 1. The molecule has 0 unspecified atom stereocenters.